The summed E-state index contributed by atoms with van der Waals surface area (Å²) in [6, 6.07) is 12.1. The summed E-state index contributed by atoms with van der Waals surface area (Å²) < 4.78 is 41.3. The highest BCUT2D eigenvalue weighted by atomic mass is 35.5. The lowest BCUT2D eigenvalue weighted by atomic mass is 10.1. The van der Waals surface area contributed by atoms with Crippen LogP contribution in [-0.4, -0.2) is 13.4 Å². The van der Waals surface area contributed by atoms with Crippen LogP contribution < -0.4 is 4.72 Å². The summed E-state index contributed by atoms with van der Waals surface area (Å²) in [5.41, 5.74) is 2.34. The van der Waals surface area contributed by atoms with E-state index in [0.29, 0.717) is 27.4 Å². The molecule has 8 heteroatoms. The molecule has 0 unspecified atom stereocenters. The first-order chi connectivity index (χ1) is 12.7. The molecule has 4 nitrogen and oxygen atoms in total. The zero-order valence-corrected chi connectivity index (χ0v) is 16.8. The molecule has 0 fully saturated rings. The number of rotatable bonds is 4. The lowest BCUT2D eigenvalue weighted by Gasteiger charge is -2.13. The Morgan fingerprint density at radius 2 is 1.74 bits per heavy atom. The average Bonchev–Trinajstić information content (AvgIpc) is 2.53. The molecule has 0 amide bonds. The van der Waals surface area contributed by atoms with Crippen molar-refractivity contribution in [2.75, 3.05) is 4.72 Å². The number of anilines is 1. The molecule has 0 aliphatic rings. The third kappa shape index (κ3) is 4.24. The Hall–Kier alpha value is -2.15. The van der Waals surface area contributed by atoms with Gasteiger partial charge in [0.15, 0.2) is 0 Å². The number of aromatic nitrogens is 1. The number of nitrogens with one attached hydrogen (secondary N) is 1. The standard InChI is InChI=1S/C19H15Cl2FN2O2S/c1-11-9-14(22)6-7-15(11)17-4-3-5-18(23-17)24-27(25,26)19-12(2)8-13(20)10-16(19)21/h3-10H,1-2H3,(H,23,24). The predicted molar refractivity (Wildman–Crippen MR) is 106 cm³/mol. The number of nitrogens with zero attached hydrogens (tertiary/aromatic N) is 1. The Morgan fingerprint density at radius 1 is 1.00 bits per heavy atom. The van der Waals surface area contributed by atoms with Crippen molar-refractivity contribution in [2.24, 2.45) is 0 Å². The highest BCUT2D eigenvalue weighted by Crippen LogP contribution is 2.30. The van der Waals surface area contributed by atoms with E-state index >= 15 is 0 Å². The van der Waals surface area contributed by atoms with Gasteiger partial charge in [0.05, 0.1) is 10.7 Å². The van der Waals surface area contributed by atoms with E-state index in [1.807, 2.05) is 0 Å². The second-order valence-corrected chi connectivity index (χ2v) is 8.47. The maximum absolute atomic E-state index is 13.3. The monoisotopic (exact) mass is 424 g/mol. The summed E-state index contributed by atoms with van der Waals surface area (Å²) in [4.78, 5) is 4.28. The Kier molecular flexibility index (Phi) is 5.42. The molecule has 0 spiro atoms. The van der Waals surface area contributed by atoms with E-state index < -0.39 is 10.0 Å². The second-order valence-electron chi connectivity index (χ2n) is 6.01. The fourth-order valence-corrected chi connectivity index (χ4v) is 4.96. The minimum atomic E-state index is -3.97. The van der Waals surface area contributed by atoms with Gasteiger partial charge in [-0.2, -0.15) is 0 Å². The van der Waals surface area contributed by atoms with Gasteiger partial charge in [0, 0.05) is 10.6 Å². The van der Waals surface area contributed by atoms with Crippen LogP contribution in [0.25, 0.3) is 11.3 Å². The number of benzene rings is 2. The van der Waals surface area contributed by atoms with Gasteiger partial charge >= 0.3 is 0 Å². The molecule has 0 bridgehead atoms. The minimum Gasteiger partial charge on any atom is -0.263 e. The summed E-state index contributed by atoms with van der Waals surface area (Å²) >= 11 is 12.0. The lowest BCUT2D eigenvalue weighted by molar-refractivity contribution is 0.600. The van der Waals surface area contributed by atoms with Crippen molar-refractivity contribution in [3.63, 3.8) is 0 Å². The molecule has 3 rings (SSSR count). The van der Waals surface area contributed by atoms with Crippen LogP contribution in [-0.2, 0) is 10.0 Å². The van der Waals surface area contributed by atoms with E-state index in [-0.39, 0.29) is 21.6 Å². The zero-order chi connectivity index (χ0) is 19.8. The van der Waals surface area contributed by atoms with Crippen LogP contribution in [0.15, 0.2) is 53.4 Å². The Balaban J connectivity index is 1.99. The molecule has 0 radical (unpaired) electrons. The van der Waals surface area contributed by atoms with Crippen LogP contribution in [0.2, 0.25) is 10.0 Å². The fraction of sp³-hybridized carbons (Fsp3) is 0.105. The summed E-state index contributed by atoms with van der Waals surface area (Å²) in [5, 5.41) is 0.376. The molecule has 1 heterocycles. The van der Waals surface area contributed by atoms with E-state index in [1.54, 1.807) is 32.0 Å². The Labute approximate surface area is 167 Å². The van der Waals surface area contributed by atoms with E-state index in [0.717, 1.165) is 0 Å². The molecule has 2 aromatic carbocycles. The predicted octanol–water partition coefficient (Wildman–Crippen LogP) is 5.61. The second kappa shape index (κ2) is 7.46. The SMILES string of the molecule is Cc1cc(F)ccc1-c1cccc(NS(=O)(=O)c2c(C)cc(Cl)cc2Cl)n1. The molecule has 1 aromatic heterocycles. The maximum atomic E-state index is 13.3. The number of hydrogen-bond donors (Lipinski definition) is 1. The largest absolute Gasteiger partial charge is 0.264 e. The molecule has 0 aliphatic carbocycles. The summed E-state index contributed by atoms with van der Waals surface area (Å²) in [5.74, 6) is -0.220. The van der Waals surface area contributed by atoms with E-state index in [2.05, 4.69) is 9.71 Å². The minimum absolute atomic E-state index is 0.0260. The molecule has 1 N–H and O–H groups in total. The van der Waals surface area contributed by atoms with Gasteiger partial charge in [0.2, 0.25) is 0 Å². The van der Waals surface area contributed by atoms with Gasteiger partial charge < -0.3 is 0 Å². The lowest BCUT2D eigenvalue weighted by Crippen LogP contribution is -2.16. The van der Waals surface area contributed by atoms with Crippen LogP contribution >= 0.6 is 23.2 Å². The number of hydrogen-bond acceptors (Lipinski definition) is 3. The number of halogens is 3. The van der Waals surface area contributed by atoms with Gasteiger partial charge in [-0.1, -0.05) is 29.3 Å². The zero-order valence-electron chi connectivity index (χ0n) is 14.4. The van der Waals surface area contributed by atoms with Gasteiger partial charge in [-0.25, -0.2) is 17.8 Å². The molecule has 27 heavy (non-hydrogen) atoms. The molecule has 0 atom stereocenters. The first-order valence-corrected chi connectivity index (χ1v) is 10.1. The van der Waals surface area contributed by atoms with Crippen LogP contribution in [0.3, 0.4) is 0 Å². The first kappa shape index (κ1) is 19.6. The van der Waals surface area contributed by atoms with E-state index in [9.17, 15) is 12.8 Å². The smallest absolute Gasteiger partial charge is 0.263 e. The average molecular weight is 425 g/mol. The molecule has 0 saturated carbocycles. The molecule has 3 aromatic rings. The van der Waals surface area contributed by atoms with Gasteiger partial charge in [-0.05, 0) is 67.4 Å². The first-order valence-electron chi connectivity index (χ1n) is 7.89. The third-order valence-corrected chi connectivity index (χ3v) is 6.10. The number of pyridine rings is 1. The molecular formula is C19H15Cl2FN2O2S. The maximum Gasteiger partial charge on any atom is 0.264 e. The van der Waals surface area contributed by atoms with Crippen LogP contribution in [0.4, 0.5) is 10.2 Å². The third-order valence-electron chi connectivity index (χ3n) is 3.92. The topological polar surface area (TPSA) is 59.1 Å². The van der Waals surface area contributed by atoms with Crippen molar-refractivity contribution in [2.45, 2.75) is 18.7 Å². The van der Waals surface area contributed by atoms with Crippen molar-refractivity contribution in [3.8, 4) is 11.3 Å². The van der Waals surface area contributed by atoms with E-state index in [4.69, 9.17) is 23.2 Å². The summed E-state index contributed by atoms with van der Waals surface area (Å²) in [6.45, 7) is 3.37. The molecular weight excluding hydrogens is 410 g/mol. The fourth-order valence-electron chi connectivity index (χ4n) is 2.77. The van der Waals surface area contributed by atoms with Gasteiger partial charge in [-0.15, -0.1) is 0 Å². The van der Waals surface area contributed by atoms with Gasteiger partial charge in [0.1, 0.15) is 16.5 Å². The van der Waals surface area contributed by atoms with Gasteiger partial charge in [0.25, 0.3) is 10.0 Å². The number of aryl methyl sites for hydroxylation is 2. The van der Waals surface area contributed by atoms with Crippen molar-refractivity contribution < 1.29 is 12.8 Å². The Morgan fingerprint density at radius 3 is 2.41 bits per heavy atom. The molecule has 0 saturated heterocycles. The number of sulfonamides is 1. The van der Waals surface area contributed by atoms with Crippen LogP contribution in [0.1, 0.15) is 11.1 Å². The highest BCUT2D eigenvalue weighted by molar-refractivity contribution is 7.92. The summed E-state index contributed by atoms with van der Waals surface area (Å²) in [6.07, 6.45) is 0. The summed E-state index contributed by atoms with van der Waals surface area (Å²) in [7, 11) is -3.97. The Bertz CT molecular complexity index is 1110. The van der Waals surface area contributed by atoms with E-state index in [1.165, 1.54) is 30.3 Å². The van der Waals surface area contributed by atoms with Crippen molar-refractivity contribution in [1.82, 2.24) is 4.98 Å². The van der Waals surface area contributed by atoms with Crippen LogP contribution in [0, 0.1) is 19.7 Å². The quantitative estimate of drug-likeness (QED) is 0.591. The van der Waals surface area contributed by atoms with Gasteiger partial charge in [-0.3, -0.25) is 4.72 Å². The molecule has 140 valence electrons. The van der Waals surface area contributed by atoms with Crippen molar-refractivity contribution in [1.29, 1.82) is 0 Å². The normalized spacial score (nSPS) is 11.4. The van der Waals surface area contributed by atoms with Crippen molar-refractivity contribution in [3.05, 3.63) is 75.5 Å². The van der Waals surface area contributed by atoms with Crippen LogP contribution in [0.5, 0.6) is 0 Å². The molecule has 0 aliphatic heterocycles. The highest BCUT2D eigenvalue weighted by Gasteiger charge is 2.22. The van der Waals surface area contributed by atoms with Crippen molar-refractivity contribution >= 4 is 39.0 Å².